The number of carbonyl (C=O) groups is 1. The van der Waals surface area contributed by atoms with Gasteiger partial charge < -0.3 is 33.9 Å². The summed E-state index contributed by atoms with van der Waals surface area (Å²) in [4.78, 5) is 26.2. The second-order valence-corrected chi connectivity index (χ2v) is 14.8. The first-order valence-corrected chi connectivity index (χ1v) is 18.8. The molecule has 0 aliphatic carbocycles. The number of imidazole rings is 1. The third-order valence-corrected chi connectivity index (χ3v) is 9.50. The topological polar surface area (TPSA) is 124 Å². The lowest BCUT2D eigenvalue weighted by molar-refractivity contribution is 0.0270. The average molecular weight is 749 g/mol. The van der Waals surface area contributed by atoms with Gasteiger partial charge in [0.25, 0.3) is 0 Å². The van der Waals surface area contributed by atoms with Crippen molar-refractivity contribution in [1.29, 1.82) is 0 Å². The minimum absolute atomic E-state index is 0.202. The highest BCUT2D eigenvalue weighted by Gasteiger charge is 2.26. The fourth-order valence-corrected chi connectivity index (χ4v) is 6.53. The van der Waals surface area contributed by atoms with Crippen LogP contribution in [0.4, 0.5) is 10.6 Å². The molecular weight excluding hydrogens is 697 g/mol. The van der Waals surface area contributed by atoms with E-state index in [2.05, 4.69) is 17.9 Å². The number of benzene rings is 3. The van der Waals surface area contributed by atoms with Gasteiger partial charge in [0.1, 0.15) is 23.2 Å². The molecule has 12 nitrogen and oxygen atoms in total. The SMILES string of the molecule is CCCCOc1nc(N(Cc2ccc(OC)cc2)Cc2ccc(OC)cc2)c2ncc(C(O)c3ccc(C4=CCN(C(=O)OC(C)(C)C)CC4)c(C)c3)n2n1. The lowest BCUT2D eigenvalue weighted by atomic mass is 9.93. The molecule has 3 heterocycles. The predicted octanol–water partition coefficient (Wildman–Crippen LogP) is 7.94. The van der Waals surface area contributed by atoms with Crippen LogP contribution >= 0.6 is 0 Å². The van der Waals surface area contributed by atoms with E-state index < -0.39 is 11.7 Å². The molecule has 1 amide bonds. The van der Waals surface area contributed by atoms with Gasteiger partial charge in [-0.2, -0.15) is 4.98 Å². The first-order chi connectivity index (χ1) is 26.5. The Morgan fingerprint density at radius 2 is 1.62 bits per heavy atom. The molecule has 1 aliphatic rings. The van der Waals surface area contributed by atoms with Gasteiger partial charge in [-0.3, -0.25) is 0 Å². The third kappa shape index (κ3) is 9.55. The molecule has 1 N–H and O–H groups in total. The van der Waals surface area contributed by atoms with Crippen LogP contribution in [0.2, 0.25) is 0 Å². The highest BCUT2D eigenvalue weighted by molar-refractivity contribution is 5.74. The van der Waals surface area contributed by atoms with Crippen molar-refractivity contribution in [3.05, 3.63) is 113 Å². The summed E-state index contributed by atoms with van der Waals surface area (Å²) in [6.07, 6.45) is 4.91. The van der Waals surface area contributed by atoms with Crippen molar-refractivity contribution < 1.29 is 28.8 Å². The third-order valence-electron chi connectivity index (χ3n) is 9.50. The summed E-state index contributed by atoms with van der Waals surface area (Å²) >= 11 is 0. The molecule has 0 radical (unpaired) electrons. The highest BCUT2D eigenvalue weighted by Crippen LogP contribution is 2.32. The van der Waals surface area contributed by atoms with Gasteiger partial charge in [-0.15, -0.1) is 5.10 Å². The summed E-state index contributed by atoms with van der Waals surface area (Å²) < 4.78 is 24.1. The van der Waals surface area contributed by atoms with Gasteiger partial charge in [0.2, 0.25) is 0 Å². The summed E-state index contributed by atoms with van der Waals surface area (Å²) in [5, 5.41) is 16.7. The van der Waals surface area contributed by atoms with Gasteiger partial charge in [-0.25, -0.2) is 14.3 Å². The summed E-state index contributed by atoms with van der Waals surface area (Å²) in [7, 11) is 3.30. The summed E-state index contributed by atoms with van der Waals surface area (Å²) in [5.74, 6) is 2.12. The summed E-state index contributed by atoms with van der Waals surface area (Å²) in [5.41, 5.74) is 6.51. The molecule has 3 aromatic carbocycles. The number of carbonyl (C=O) groups excluding carboxylic acids is 1. The second kappa shape index (κ2) is 17.2. The van der Waals surface area contributed by atoms with Gasteiger partial charge in [0.15, 0.2) is 11.5 Å². The van der Waals surface area contributed by atoms with Crippen LogP contribution in [-0.2, 0) is 17.8 Å². The minimum Gasteiger partial charge on any atom is -0.497 e. The van der Waals surface area contributed by atoms with Crippen LogP contribution < -0.4 is 19.1 Å². The van der Waals surface area contributed by atoms with E-state index in [9.17, 15) is 9.90 Å². The van der Waals surface area contributed by atoms with Gasteiger partial charge in [0, 0.05) is 26.2 Å². The Hall–Kier alpha value is -5.62. The number of hydrogen-bond donors (Lipinski definition) is 1. The molecule has 1 atom stereocenters. The van der Waals surface area contributed by atoms with E-state index in [0.29, 0.717) is 61.9 Å². The predicted molar refractivity (Wildman–Crippen MR) is 213 cm³/mol. The number of hydrogen-bond acceptors (Lipinski definition) is 10. The molecule has 290 valence electrons. The van der Waals surface area contributed by atoms with Crippen molar-refractivity contribution >= 4 is 23.1 Å². The molecule has 5 aromatic rings. The highest BCUT2D eigenvalue weighted by atomic mass is 16.6. The van der Waals surface area contributed by atoms with E-state index in [0.717, 1.165) is 52.2 Å². The van der Waals surface area contributed by atoms with Crippen LogP contribution in [0.3, 0.4) is 0 Å². The first-order valence-electron chi connectivity index (χ1n) is 18.8. The van der Waals surface area contributed by atoms with E-state index >= 15 is 0 Å². The number of aliphatic hydroxyl groups excluding tert-OH is 1. The second-order valence-electron chi connectivity index (χ2n) is 14.8. The number of aromatic nitrogens is 4. The van der Waals surface area contributed by atoms with Crippen molar-refractivity contribution in [2.75, 3.05) is 38.8 Å². The van der Waals surface area contributed by atoms with E-state index in [1.807, 2.05) is 94.4 Å². The van der Waals surface area contributed by atoms with Crippen molar-refractivity contribution in [3.63, 3.8) is 0 Å². The van der Waals surface area contributed by atoms with Crippen LogP contribution in [0.25, 0.3) is 11.2 Å². The standard InChI is InChI=1S/C43H52N6O6/c1-8-9-24-54-41-45-40(48(27-30-10-15-34(52-6)16-11-30)28-31-12-17-35(53-7)18-13-31)39-44-26-37(49(39)46-41)38(50)33-14-19-36(29(2)25-33)32-20-22-47(23-21-32)42(51)55-43(3,4)5/h10-20,25-26,38,50H,8-9,21-24,27-28H2,1-7H3. The molecule has 0 saturated carbocycles. The van der Waals surface area contributed by atoms with Crippen molar-refractivity contribution in [3.8, 4) is 17.5 Å². The minimum atomic E-state index is -1.03. The maximum Gasteiger partial charge on any atom is 0.410 e. The Morgan fingerprint density at radius 1 is 0.964 bits per heavy atom. The molecule has 2 aromatic heterocycles. The van der Waals surface area contributed by atoms with E-state index in [4.69, 9.17) is 34.0 Å². The largest absolute Gasteiger partial charge is 0.497 e. The van der Waals surface area contributed by atoms with Crippen molar-refractivity contribution in [2.45, 2.75) is 78.7 Å². The molecule has 0 saturated heterocycles. The molecular formula is C43H52N6O6. The van der Waals surface area contributed by atoms with Gasteiger partial charge in [-0.1, -0.05) is 61.9 Å². The van der Waals surface area contributed by atoms with E-state index in [-0.39, 0.29) is 12.1 Å². The molecule has 1 aliphatic heterocycles. The molecule has 12 heteroatoms. The number of aliphatic hydroxyl groups is 1. The molecule has 6 rings (SSSR count). The maximum absolute atomic E-state index is 12.6. The van der Waals surface area contributed by atoms with Crippen molar-refractivity contribution in [1.82, 2.24) is 24.5 Å². The molecule has 1 unspecified atom stereocenters. The van der Waals surface area contributed by atoms with Crippen LogP contribution in [-0.4, -0.2) is 75.2 Å². The number of fused-ring (bicyclic) bond motifs is 1. The van der Waals surface area contributed by atoms with Gasteiger partial charge in [-0.05, 0) is 98.2 Å². The number of aryl methyl sites for hydroxylation is 1. The normalized spacial score (nSPS) is 13.7. The quantitative estimate of drug-likeness (QED) is 0.112. The Kier molecular flexibility index (Phi) is 12.2. The summed E-state index contributed by atoms with van der Waals surface area (Å²) in [6, 6.07) is 22.1. The number of rotatable bonds is 14. The number of unbranched alkanes of at least 4 members (excludes halogenated alkanes) is 1. The van der Waals surface area contributed by atoms with Crippen LogP contribution in [0.1, 0.15) is 86.6 Å². The van der Waals surface area contributed by atoms with Gasteiger partial charge >= 0.3 is 12.1 Å². The van der Waals surface area contributed by atoms with E-state index in [1.54, 1.807) is 29.8 Å². The maximum atomic E-state index is 12.6. The van der Waals surface area contributed by atoms with Crippen LogP contribution in [0.15, 0.2) is 79.0 Å². The molecule has 0 spiro atoms. The smallest absolute Gasteiger partial charge is 0.410 e. The lowest BCUT2D eigenvalue weighted by Gasteiger charge is -2.30. The number of methoxy groups -OCH3 is 2. The number of amides is 1. The van der Waals surface area contributed by atoms with E-state index in [1.165, 1.54) is 0 Å². The van der Waals surface area contributed by atoms with Crippen molar-refractivity contribution in [2.24, 2.45) is 0 Å². The molecule has 0 fully saturated rings. The monoisotopic (exact) mass is 748 g/mol. The molecule has 0 bridgehead atoms. The number of nitrogens with zero attached hydrogens (tertiary/aromatic N) is 6. The lowest BCUT2D eigenvalue weighted by Crippen LogP contribution is -2.39. The Balaban J connectivity index is 1.33. The Bertz CT molecular complexity index is 2060. The zero-order valence-corrected chi connectivity index (χ0v) is 32.9. The zero-order valence-electron chi connectivity index (χ0n) is 32.9. The fourth-order valence-electron chi connectivity index (χ4n) is 6.53. The number of ether oxygens (including phenoxy) is 4. The first kappa shape index (κ1) is 39.1. The number of anilines is 1. The Labute approximate surface area is 323 Å². The Morgan fingerprint density at radius 3 is 2.16 bits per heavy atom. The average Bonchev–Trinajstić information content (AvgIpc) is 3.61. The van der Waals surface area contributed by atoms with Gasteiger partial charge in [0.05, 0.1) is 32.7 Å². The fraction of sp³-hybridized carbons (Fsp3) is 0.395. The van der Waals surface area contributed by atoms with Crippen LogP contribution in [0, 0.1) is 6.92 Å². The van der Waals surface area contributed by atoms with Crippen LogP contribution in [0.5, 0.6) is 17.5 Å². The summed E-state index contributed by atoms with van der Waals surface area (Å²) in [6.45, 7) is 12.3. The molecule has 55 heavy (non-hydrogen) atoms. The zero-order chi connectivity index (χ0) is 39.1.